The summed E-state index contributed by atoms with van der Waals surface area (Å²) in [4.78, 5) is 21.9. The molecule has 96 valence electrons. The van der Waals surface area contributed by atoms with Crippen LogP contribution >= 0.6 is 0 Å². The van der Waals surface area contributed by atoms with Crippen LogP contribution in [-0.4, -0.2) is 31.6 Å². The molecule has 0 spiro atoms. The first-order valence-corrected chi connectivity index (χ1v) is 5.54. The van der Waals surface area contributed by atoms with E-state index in [1.165, 1.54) is 0 Å². The molecule has 0 aliphatic carbocycles. The van der Waals surface area contributed by atoms with Crippen molar-refractivity contribution in [1.82, 2.24) is 5.32 Å². The summed E-state index contributed by atoms with van der Waals surface area (Å²) in [5, 5.41) is 12.7. The molecule has 18 heavy (non-hydrogen) atoms. The van der Waals surface area contributed by atoms with Crippen molar-refractivity contribution in [1.29, 1.82) is 0 Å². The van der Waals surface area contributed by atoms with E-state index in [9.17, 15) is 14.7 Å². The highest BCUT2D eigenvalue weighted by molar-refractivity contribution is 5.95. The van der Waals surface area contributed by atoms with E-state index in [-0.39, 0.29) is 18.9 Å². The lowest BCUT2D eigenvalue weighted by atomic mass is 10.2. The number of benzene rings is 1. The topological polar surface area (TPSA) is 87.7 Å². The standard InChI is InChI=1S/C12H13NO5/c14-11(15)3-4-13-12(16)8-1-2-9-10(7-8)18-6-5-17-9/h1-2,7H,3-6H2,(H,13,16)(H,14,15)/p-1. The van der Waals surface area contributed by atoms with E-state index < -0.39 is 5.97 Å². The maximum Gasteiger partial charge on any atom is 0.251 e. The second-order valence-corrected chi connectivity index (χ2v) is 3.74. The molecule has 0 radical (unpaired) electrons. The number of hydrogen-bond donors (Lipinski definition) is 1. The highest BCUT2D eigenvalue weighted by Gasteiger charge is 2.14. The van der Waals surface area contributed by atoms with Crippen molar-refractivity contribution in [3.8, 4) is 11.5 Å². The Labute approximate surface area is 104 Å². The summed E-state index contributed by atoms with van der Waals surface area (Å²) in [6.45, 7) is 0.975. The monoisotopic (exact) mass is 250 g/mol. The van der Waals surface area contributed by atoms with E-state index in [4.69, 9.17) is 9.47 Å². The smallest absolute Gasteiger partial charge is 0.251 e. The van der Waals surface area contributed by atoms with Gasteiger partial charge < -0.3 is 24.7 Å². The molecule has 0 aromatic heterocycles. The predicted molar refractivity (Wildman–Crippen MR) is 59.4 cm³/mol. The van der Waals surface area contributed by atoms with Crippen LogP contribution in [0.15, 0.2) is 18.2 Å². The van der Waals surface area contributed by atoms with Gasteiger partial charge in [0.2, 0.25) is 0 Å². The number of carboxylic acids is 1. The number of carbonyl (C=O) groups is 2. The van der Waals surface area contributed by atoms with Crippen molar-refractivity contribution in [2.45, 2.75) is 6.42 Å². The molecule has 0 unspecified atom stereocenters. The molecule has 0 bridgehead atoms. The summed E-state index contributed by atoms with van der Waals surface area (Å²) in [6.07, 6.45) is -0.212. The fourth-order valence-corrected chi connectivity index (χ4v) is 1.56. The molecule has 6 heteroatoms. The van der Waals surface area contributed by atoms with E-state index in [1.54, 1.807) is 18.2 Å². The number of hydrogen-bond acceptors (Lipinski definition) is 5. The average Bonchev–Trinajstić information content (AvgIpc) is 2.37. The van der Waals surface area contributed by atoms with Crippen LogP contribution in [0.1, 0.15) is 16.8 Å². The van der Waals surface area contributed by atoms with Gasteiger partial charge in [-0.05, 0) is 18.2 Å². The van der Waals surface area contributed by atoms with Crippen molar-refractivity contribution in [2.75, 3.05) is 19.8 Å². The largest absolute Gasteiger partial charge is 0.550 e. The molecule has 1 aliphatic heterocycles. The highest BCUT2D eigenvalue weighted by Crippen LogP contribution is 2.30. The SMILES string of the molecule is O=C([O-])CCNC(=O)c1ccc2c(c1)OCCO2. The molecule has 0 saturated carbocycles. The number of amides is 1. The maximum absolute atomic E-state index is 11.7. The summed E-state index contributed by atoms with van der Waals surface area (Å²) in [7, 11) is 0. The summed E-state index contributed by atoms with van der Waals surface area (Å²) in [6, 6.07) is 4.83. The molecule has 1 aromatic rings. The third-order valence-corrected chi connectivity index (χ3v) is 2.42. The Kier molecular flexibility index (Phi) is 3.66. The summed E-state index contributed by atoms with van der Waals surface area (Å²) < 4.78 is 10.7. The van der Waals surface area contributed by atoms with Crippen LogP contribution in [-0.2, 0) is 4.79 Å². The average molecular weight is 250 g/mol. The van der Waals surface area contributed by atoms with Gasteiger partial charge in [0.1, 0.15) is 13.2 Å². The number of aliphatic carboxylic acids is 1. The second-order valence-electron chi connectivity index (χ2n) is 3.74. The molecule has 0 atom stereocenters. The van der Waals surface area contributed by atoms with Crippen molar-refractivity contribution in [2.24, 2.45) is 0 Å². The maximum atomic E-state index is 11.7. The first-order valence-electron chi connectivity index (χ1n) is 5.54. The zero-order chi connectivity index (χ0) is 13.0. The van der Waals surface area contributed by atoms with Gasteiger partial charge in [-0.2, -0.15) is 0 Å². The molecule has 0 fully saturated rings. The van der Waals surface area contributed by atoms with Gasteiger partial charge in [-0.25, -0.2) is 0 Å². The fraction of sp³-hybridized carbons (Fsp3) is 0.333. The van der Waals surface area contributed by atoms with Crippen LogP contribution in [0, 0.1) is 0 Å². The minimum Gasteiger partial charge on any atom is -0.550 e. The quantitative estimate of drug-likeness (QED) is 0.765. The van der Waals surface area contributed by atoms with Gasteiger partial charge in [-0.15, -0.1) is 0 Å². The third-order valence-electron chi connectivity index (χ3n) is 2.42. The molecule has 1 aliphatic rings. The van der Waals surface area contributed by atoms with Crippen LogP contribution in [0.3, 0.4) is 0 Å². The molecule has 1 N–H and O–H groups in total. The van der Waals surface area contributed by atoms with Crippen LogP contribution < -0.4 is 19.9 Å². The molecule has 6 nitrogen and oxygen atoms in total. The number of carbonyl (C=O) groups excluding carboxylic acids is 2. The van der Waals surface area contributed by atoms with E-state index in [0.717, 1.165) is 0 Å². The number of carboxylic acid groups (broad SMARTS) is 1. The summed E-state index contributed by atoms with van der Waals surface area (Å²) >= 11 is 0. The molecular formula is C12H12NO5-. The summed E-state index contributed by atoms with van der Waals surface area (Å²) in [5.41, 5.74) is 0.401. The van der Waals surface area contributed by atoms with Gasteiger partial charge in [0.25, 0.3) is 5.91 Å². The van der Waals surface area contributed by atoms with Gasteiger partial charge >= 0.3 is 0 Å². The van der Waals surface area contributed by atoms with Gasteiger partial charge in [0.15, 0.2) is 11.5 Å². The van der Waals surface area contributed by atoms with Gasteiger partial charge in [-0.1, -0.05) is 0 Å². The zero-order valence-electron chi connectivity index (χ0n) is 9.60. The van der Waals surface area contributed by atoms with Gasteiger partial charge in [0, 0.05) is 24.5 Å². The first kappa shape index (κ1) is 12.2. The normalized spacial score (nSPS) is 12.9. The van der Waals surface area contributed by atoms with E-state index in [0.29, 0.717) is 30.3 Å². The predicted octanol–water partition coefficient (Wildman–Crippen LogP) is -0.672. The van der Waals surface area contributed by atoms with Gasteiger partial charge in [-0.3, -0.25) is 4.79 Å². The molecule has 0 saturated heterocycles. The molecular weight excluding hydrogens is 238 g/mol. The Bertz CT molecular complexity index is 472. The molecule has 1 aromatic carbocycles. The van der Waals surface area contributed by atoms with Crippen molar-refractivity contribution >= 4 is 11.9 Å². The van der Waals surface area contributed by atoms with E-state index >= 15 is 0 Å². The molecule has 2 rings (SSSR count). The lowest BCUT2D eigenvalue weighted by Crippen LogP contribution is -2.31. The van der Waals surface area contributed by atoms with Gasteiger partial charge in [0.05, 0.1) is 0 Å². The van der Waals surface area contributed by atoms with Crippen LogP contribution in [0.4, 0.5) is 0 Å². The van der Waals surface area contributed by atoms with Crippen LogP contribution in [0.2, 0.25) is 0 Å². The second kappa shape index (κ2) is 5.39. The number of ether oxygens (including phenoxy) is 2. The van der Waals surface area contributed by atoms with Crippen LogP contribution in [0.5, 0.6) is 11.5 Å². The Morgan fingerprint density at radius 3 is 2.67 bits per heavy atom. The Morgan fingerprint density at radius 2 is 1.94 bits per heavy atom. The minimum atomic E-state index is -1.20. The zero-order valence-corrected chi connectivity index (χ0v) is 9.60. The third kappa shape index (κ3) is 2.91. The van der Waals surface area contributed by atoms with E-state index in [2.05, 4.69) is 5.32 Å². The fourth-order valence-electron chi connectivity index (χ4n) is 1.56. The van der Waals surface area contributed by atoms with Crippen molar-refractivity contribution < 1.29 is 24.2 Å². The number of nitrogens with one attached hydrogen (secondary N) is 1. The Hall–Kier alpha value is -2.24. The van der Waals surface area contributed by atoms with Crippen molar-refractivity contribution in [3.63, 3.8) is 0 Å². The molecule has 1 heterocycles. The lowest BCUT2D eigenvalue weighted by molar-refractivity contribution is -0.305. The number of rotatable bonds is 4. The first-order chi connectivity index (χ1) is 8.66. The van der Waals surface area contributed by atoms with E-state index in [1.807, 2.05) is 0 Å². The summed E-state index contributed by atoms with van der Waals surface area (Å²) in [5.74, 6) is -0.424. The van der Waals surface area contributed by atoms with Crippen molar-refractivity contribution in [3.05, 3.63) is 23.8 Å². The number of fused-ring (bicyclic) bond motifs is 1. The minimum absolute atomic E-state index is 0.0373. The lowest BCUT2D eigenvalue weighted by Gasteiger charge is -2.18. The Morgan fingerprint density at radius 1 is 1.22 bits per heavy atom. The van der Waals surface area contributed by atoms with Crippen LogP contribution in [0.25, 0.3) is 0 Å². The Balaban J connectivity index is 2.00. The molecule has 1 amide bonds. The highest BCUT2D eigenvalue weighted by atomic mass is 16.6.